The third-order valence-electron chi connectivity index (χ3n) is 5.24. The van der Waals surface area contributed by atoms with Crippen LogP contribution in [0.4, 0.5) is 10.1 Å². The minimum Gasteiger partial charge on any atom is -0.505 e. The molecule has 0 spiro atoms. The zero-order chi connectivity index (χ0) is 21.6. The molecule has 1 aromatic heterocycles. The van der Waals surface area contributed by atoms with Crippen molar-refractivity contribution in [3.8, 4) is 5.75 Å². The van der Waals surface area contributed by atoms with E-state index in [2.05, 4.69) is 10.3 Å². The number of rotatable bonds is 3. The first-order valence-electron chi connectivity index (χ1n) is 9.60. The molecule has 0 bridgehead atoms. The van der Waals surface area contributed by atoms with E-state index in [0.717, 1.165) is 16.4 Å². The number of para-hydroxylation sites is 1. The predicted octanol–water partition coefficient (Wildman–Crippen LogP) is 4.87. The summed E-state index contributed by atoms with van der Waals surface area (Å²) in [6.07, 6.45) is 0.394. The molecule has 3 aromatic carbocycles. The van der Waals surface area contributed by atoms with Crippen LogP contribution >= 0.6 is 0 Å². The third kappa shape index (κ3) is 3.43. The van der Waals surface area contributed by atoms with Gasteiger partial charge in [0.15, 0.2) is 5.75 Å². The van der Waals surface area contributed by atoms with Crippen LogP contribution in [0.25, 0.3) is 16.5 Å². The molecular weight excluding hydrogens is 415 g/mol. The van der Waals surface area contributed by atoms with Crippen molar-refractivity contribution in [2.45, 2.75) is 11.3 Å². The molecule has 0 unspecified atom stereocenters. The lowest BCUT2D eigenvalue weighted by Crippen LogP contribution is -2.14. The molecule has 154 valence electrons. The first kappa shape index (κ1) is 19.3. The average molecular weight is 432 g/mol. The summed E-state index contributed by atoms with van der Waals surface area (Å²) in [6.45, 7) is 0. The number of hydrogen-bond acceptors (Lipinski definition) is 5. The Hall–Kier alpha value is -3.71. The number of halogens is 1. The van der Waals surface area contributed by atoms with Crippen LogP contribution < -0.4 is 5.32 Å². The van der Waals surface area contributed by atoms with Gasteiger partial charge in [-0.1, -0.05) is 48.5 Å². The van der Waals surface area contributed by atoms with Gasteiger partial charge in [0.25, 0.3) is 0 Å². The maximum Gasteiger partial charge on any atom is 0.203 e. The fraction of sp³-hybridized carbons (Fsp3) is 0.0417. The van der Waals surface area contributed by atoms with Gasteiger partial charge < -0.3 is 10.4 Å². The van der Waals surface area contributed by atoms with E-state index in [1.807, 2.05) is 12.1 Å². The zero-order valence-corrected chi connectivity index (χ0v) is 17.0. The Labute approximate surface area is 178 Å². The smallest absolute Gasteiger partial charge is 0.203 e. The van der Waals surface area contributed by atoms with Crippen molar-refractivity contribution < 1.29 is 17.9 Å². The van der Waals surface area contributed by atoms with Crippen LogP contribution in [-0.2, 0) is 16.3 Å². The molecule has 31 heavy (non-hydrogen) atoms. The summed E-state index contributed by atoms with van der Waals surface area (Å²) in [5.74, 6) is -0.430. The largest absolute Gasteiger partial charge is 0.505 e. The minimum atomic E-state index is -3.70. The van der Waals surface area contributed by atoms with Crippen LogP contribution in [0.5, 0.6) is 5.75 Å². The lowest BCUT2D eigenvalue weighted by Gasteiger charge is -2.21. The number of sulfone groups is 1. The van der Waals surface area contributed by atoms with E-state index < -0.39 is 9.84 Å². The molecule has 0 saturated heterocycles. The molecule has 0 radical (unpaired) electrons. The fourth-order valence-electron chi connectivity index (χ4n) is 3.76. The molecule has 0 amide bonds. The molecule has 7 heteroatoms. The van der Waals surface area contributed by atoms with Gasteiger partial charge in [0.1, 0.15) is 11.5 Å². The van der Waals surface area contributed by atoms with Gasteiger partial charge in [0, 0.05) is 17.2 Å². The van der Waals surface area contributed by atoms with Gasteiger partial charge in [-0.15, -0.1) is 0 Å². The number of anilines is 1. The summed E-state index contributed by atoms with van der Waals surface area (Å²) in [5.41, 5.74) is 2.26. The molecule has 1 aliphatic rings. The highest BCUT2D eigenvalue weighted by molar-refractivity contribution is 7.94. The Bertz CT molecular complexity index is 1460. The lowest BCUT2D eigenvalue weighted by atomic mass is 10.0. The van der Waals surface area contributed by atoms with Crippen molar-refractivity contribution in [1.82, 2.24) is 4.98 Å². The quantitative estimate of drug-likeness (QED) is 0.483. The van der Waals surface area contributed by atoms with Gasteiger partial charge in [0.2, 0.25) is 9.84 Å². The molecule has 0 aliphatic carbocycles. The molecule has 5 rings (SSSR count). The number of nitrogens with zero attached hydrogens (tertiary/aromatic N) is 1. The topological polar surface area (TPSA) is 79.3 Å². The number of nitrogens with one attached hydrogen (secondary N) is 1. The van der Waals surface area contributed by atoms with Gasteiger partial charge >= 0.3 is 0 Å². The zero-order valence-electron chi connectivity index (χ0n) is 16.2. The molecule has 4 aromatic rings. The summed E-state index contributed by atoms with van der Waals surface area (Å²) >= 11 is 0. The SMILES string of the molecule is O=S1(=O)C=C(c2nc(Cc3ccc(F)cc3)c3ccccc3c2O)Nc2ccccc21. The average Bonchev–Trinajstić information content (AvgIpc) is 2.77. The molecule has 1 aliphatic heterocycles. The number of pyridine rings is 1. The molecule has 5 nitrogen and oxygen atoms in total. The predicted molar refractivity (Wildman–Crippen MR) is 118 cm³/mol. The van der Waals surface area contributed by atoms with Crippen molar-refractivity contribution in [2.75, 3.05) is 5.32 Å². The van der Waals surface area contributed by atoms with Crippen molar-refractivity contribution >= 4 is 32.0 Å². The standard InChI is InChI=1S/C24H17FN2O3S/c25-16-11-9-15(10-12-16)13-20-17-5-1-2-6-18(17)24(28)23(27-20)21-14-31(29,30)22-8-4-3-7-19(22)26-21/h1-12,14,26,28H,13H2. The monoisotopic (exact) mass is 432 g/mol. The normalized spacial score (nSPS) is 14.5. The van der Waals surface area contributed by atoms with Crippen molar-refractivity contribution in [2.24, 2.45) is 0 Å². The summed E-state index contributed by atoms with van der Waals surface area (Å²) in [7, 11) is -3.70. The van der Waals surface area contributed by atoms with Crippen molar-refractivity contribution in [3.63, 3.8) is 0 Å². The van der Waals surface area contributed by atoms with Gasteiger partial charge in [-0.2, -0.15) is 0 Å². The van der Waals surface area contributed by atoms with Gasteiger partial charge in [-0.3, -0.25) is 0 Å². The summed E-state index contributed by atoms with van der Waals surface area (Å²) < 4.78 is 38.9. The number of aromatic hydroxyl groups is 1. The summed E-state index contributed by atoms with van der Waals surface area (Å²) in [6, 6.07) is 19.9. The molecule has 2 N–H and O–H groups in total. The Balaban J connectivity index is 1.69. The van der Waals surface area contributed by atoms with Gasteiger partial charge in [-0.05, 0) is 29.8 Å². The van der Waals surface area contributed by atoms with E-state index in [-0.39, 0.29) is 27.9 Å². The molecule has 0 fully saturated rings. The second-order valence-corrected chi connectivity index (χ2v) is 9.07. The van der Waals surface area contributed by atoms with E-state index in [1.54, 1.807) is 42.5 Å². The Morgan fingerprint density at radius 1 is 0.903 bits per heavy atom. The van der Waals surface area contributed by atoms with Gasteiger partial charge in [0.05, 0.1) is 27.4 Å². The number of aromatic nitrogens is 1. The van der Waals surface area contributed by atoms with Crippen LogP contribution in [0.15, 0.2) is 83.1 Å². The molecule has 2 heterocycles. The highest BCUT2D eigenvalue weighted by atomic mass is 32.2. The third-order valence-corrected chi connectivity index (χ3v) is 6.76. The number of benzene rings is 3. The van der Waals surface area contributed by atoms with Crippen LogP contribution in [-0.4, -0.2) is 18.5 Å². The van der Waals surface area contributed by atoms with E-state index in [9.17, 15) is 17.9 Å². The Kier molecular flexibility index (Phi) is 4.48. The van der Waals surface area contributed by atoms with Gasteiger partial charge in [-0.25, -0.2) is 17.8 Å². The van der Waals surface area contributed by atoms with Crippen LogP contribution in [0, 0.1) is 5.82 Å². The van der Waals surface area contributed by atoms with E-state index in [1.165, 1.54) is 18.2 Å². The van der Waals surface area contributed by atoms with Crippen molar-refractivity contribution in [1.29, 1.82) is 0 Å². The molecule has 0 saturated carbocycles. The van der Waals surface area contributed by atoms with Crippen molar-refractivity contribution in [3.05, 3.63) is 101 Å². The highest BCUT2D eigenvalue weighted by Crippen LogP contribution is 2.38. The van der Waals surface area contributed by atoms with E-state index in [0.29, 0.717) is 23.2 Å². The molecule has 0 atom stereocenters. The maximum absolute atomic E-state index is 13.3. The van der Waals surface area contributed by atoms with E-state index in [4.69, 9.17) is 0 Å². The van der Waals surface area contributed by atoms with Crippen LogP contribution in [0.1, 0.15) is 17.0 Å². The first-order chi connectivity index (χ1) is 14.9. The fourth-order valence-corrected chi connectivity index (χ4v) is 5.06. The number of fused-ring (bicyclic) bond motifs is 2. The highest BCUT2D eigenvalue weighted by Gasteiger charge is 2.26. The Morgan fingerprint density at radius 3 is 2.35 bits per heavy atom. The first-order valence-corrected chi connectivity index (χ1v) is 11.2. The lowest BCUT2D eigenvalue weighted by molar-refractivity contribution is 0.477. The summed E-state index contributed by atoms with van der Waals surface area (Å²) in [5, 5.41) is 16.4. The summed E-state index contributed by atoms with van der Waals surface area (Å²) in [4.78, 5) is 4.81. The second kappa shape index (κ2) is 7.21. The van der Waals surface area contributed by atoms with Crippen LogP contribution in [0.2, 0.25) is 0 Å². The second-order valence-electron chi connectivity index (χ2n) is 7.30. The molecular formula is C24H17FN2O3S. The van der Waals surface area contributed by atoms with Crippen LogP contribution in [0.3, 0.4) is 0 Å². The maximum atomic E-state index is 13.3. The van der Waals surface area contributed by atoms with E-state index >= 15 is 0 Å². The minimum absolute atomic E-state index is 0.105. The Morgan fingerprint density at radius 2 is 1.58 bits per heavy atom. The number of hydrogen-bond donors (Lipinski definition) is 2.